The SMILES string of the molecule is C=CC(=O)OCC(F)C(F)(F)C(F)(F)F. The van der Waals surface area contributed by atoms with Crippen molar-refractivity contribution in [2.75, 3.05) is 6.61 Å². The summed E-state index contributed by atoms with van der Waals surface area (Å²) in [6.07, 6.45) is -9.15. The lowest BCUT2D eigenvalue weighted by Gasteiger charge is -2.22. The first kappa shape index (κ1) is 13.8. The quantitative estimate of drug-likeness (QED) is 0.425. The molecule has 0 aliphatic heterocycles. The van der Waals surface area contributed by atoms with Gasteiger partial charge in [-0.3, -0.25) is 0 Å². The normalized spacial score (nSPS) is 14.5. The molecule has 0 saturated heterocycles. The Hall–Kier alpha value is -1.21. The van der Waals surface area contributed by atoms with Crippen molar-refractivity contribution in [2.24, 2.45) is 0 Å². The molecule has 0 rings (SSSR count). The molecule has 0 aromatic heterocycles. The van der Waals surface area contributed by atoms with Crippen LogP contribution >= 0.6 is 0 Å². The van der Waals surface area contributed by atoms with Crippen molar-refractivity contribution >= 4 is 5.97 Å². The molecule has 0 aliphatic rings. The van der Waals surface area contributed by atoms with Crippen LogP contribution in [0.25, 0.3) is 0 Å². The highest BCUT2D eigenvalue weighted by Crippen LogP contribution is 2.39. The highest BCUT2D eigenvalue weighted by molar-refractivity contribution is 5.81. The van der Waals surface area contributed by atoms with Crippen LogP contribution in [-0.2, 0) is 9.53 Å². The van der Waals surface area contributed by atoms with Gasteiger partial charge in [-0.15, -0.1) is 0 Å². The van der Waals surface area contributed by atoms with Crippen LogP contribution in [0.4, 0.5) is 26.3 Å². The maximum absolute atomic E-state index is 12.4. The zero-order valence-electron chi connectivity index (χ0n) is 7.15. The van der Waals surface area contributed by atoms with Gasteiger partial charge in [0, 0.05) is 6.08 Å². The maximum atomic E-state index is 12.4. The summed E-state index contributed by atoms with van der Waals surface area (Å²) in [5.74, 6) is -6.83. The van der Waals surface area contributed by atoms with Crippen molar-refractivity contribution in [1.29, 1.82) is 0 Å². The van der Waals surface area contributed by atoms with Crippen molar-refractivity contribution in [3.05, 3.63) is 12.7 Å². The van der Waals surface area contributed by atoms with Crippen molar-refractivity contribution < 1.29 is 35.9 Å². The molecule has 0 amide bonds. The lowest BCUT2D eigenvalue weighted by Crippen LogP contribution is -2.47. The summed E-state index contributed by atoms with van der Waals surface area (Å²) in [5, 5.41) is 0. The molecule has 0 spiro atoms. The van der Waals surface area contributed by atoms with Gasteiger partial charge < -0.3 is 4.74 Å². The number of carbonyl (C=O) groups excluding carboxylic acids is 1. The third kappa shape index (κ3) is 3.45. The molecule has 15 heavy (non-hydrogen) atoms. The minimum Gasteiger partial charge on any atom is -0.459 e. The van der Waals surface area contributed by atoms with E-state index in [-0.39, 0.29) is 0 Å². The van der Waals surface area contributed by atoms with Gasteiger partial charge in [0.05, 0.1) is 0 Å². The molecule has 0 bridgehead atoms. The van der Waals surface area contributed by atoms with Crippen LogP contribution < -0.4 is 0 Å². The third-order valence-corrected chi connectivity index (χ3v) is 1.31. The first-order valence-electron chi connectivity index (χ1n) is 3.50. The number of alkyl halides is 6. The molecule has 0 saturated carbocycles. The molecule has 2 nitrogen and oxygen atoms in total. The fraction of sp³-hybridized carbons (Fsp3) is 0.571. The fourth-order valence-corrected chi connectivity index (χ4v) is 0.496. The van der Waals surface area contributed by atoms with Crippen molar-refractivity contribution in [2.45, 2.75) is 18.3 Å². The van der Waals surface area contributed by atoms with Crippen LogP contribution in [-0.4, -0.2) is 30.8 Å². The Morgan fingerprint density at radius 2 is 1.80 bits per heavy atom. The van der Waals surface area contributed by atoms with E-state index >= 15 is 0 Å². The van der Waals surface area contributed by atoms with E-state index in [2.05, 4.69) is 11.3 Å². The van der Waals surface area contributed by atoms with Gasteiger partial charge in [0.25, 0.3) is 0 Å². The summed E-state index contributed by atoms with van der Waals surface area (Å²) in [4.78, 5) is 10.3. The smallest absolute Gasteiger partial charge is 0.456 e. The average molecular weight is 236 g/mol. The number of esters is 1. The molecule has 0 radical (unpaired) electrons. The van der Waals surface area contributed by atoms with E-state index in [1.54, 1.807) is 0 Å². The molecule has 0 N–H and O–H groups in total. The monoisotopic (exact) mass is 236 g/mol. The molecule has 1 atom stereocenters. The summed E-state index contributed by atoms with van der Waals surface area (Å²) in [6.45, 7) is 1.16. The van der Waals surface area contributed by atoms with Gasteiger partial charge >= 0.3 is 18.1 Å². The Morgan fingerprint density at radius 1 is 1.33 bits per heavy atom. The number of carbonyl (C=O) groups is 1. The Labute approximate surface area is 80.5 Å². The standard InChI is InChI=1S/C7H6F6O2/c1-2-5(14)15-3-4(8)6(9,10)7(11,12)13/h2,4H,1,3H2. The van der Waals surface area contributed by atoms with E-state index in [4.69, 9.17) is 0 Å². The fourth-order valence-electron chi connectivity index (χ4n) is 0.496. The van der Waals surface area contributed by atoms with Crippen molar-refractivity contribution in [3.63, 3.8) is 0 Å². The average Bonchev–Trinajstić information content (AvgIpc) is 2.11. The minimum absolute atomic E-state index is 0.512. The molecule has 8 heteroatoms. The first-order chi connectivity index (χ1) is 6.63. The zero-order valence-corrected chi connectivity index (χ0v) is 7.15. The van der Waals surface area contributed by atoms with Crippen LogP contribution in [0.15, 0.2) is 12.7 Å². The zero-order chi connectivity index (χ0) is 12.3. The van der Waals surface area contributed by atoms with E-state index in [1.807, 2.05) is 0 Å². The summed E-state index contributed by atoms with van der Waals surface area (Å²) >= 11 is 0. The van der Waals surface area contributed by atoms with Gasteiger partial charge in [-0.25, -0.2) is 9.18 Å². The van der Waals surface area contributed by atoms with Gasteiger partial charge in [0.15, 0.2) is 0 Å². The first-order valence-corrected chi connectivity index (χ1v) is 3.50. The Bertz CT molecular complexity index is 246. The maximum Gasteiger partial charge on any atom is 0.456 e. The number of ether oxygens (including phenoxy) is 1. The Balaban J connectivity index is 4.38. The topological polar surface area (TPSA) is 26.3 Å². The summed E-state index contributed by atoms with van der Waals surface area (Å²) in [7, 11) is 0. The van der Waals surface area contributed by atoms with Crippen LogP contribution in [0.3, 0.4) is 0 Å². The van der Waals surface area contributed by atoms with Crippen LogP contribution in [0.1, 0.15) is 0 Å². The molecule has 0 fully saturated rings. The Morgan fingerprint density at radius 3 is 2.13 bits per heavy atom. The molecule has 0 aromatic rings. The summed E-state index contributed by atoms with van der Waals surface area (Å²) in [5.41, 5.74) is 0. The third-order valence-electron chi connectivity index (χ3n) is 1.31. The molecule has 1 unspecified atom stereocenters. The van der Waals surface area contributed by atoms with E-state index in [1.165, 1.54) is 0 Å². The second-order valence-electron chi connectivity index (χ2n) is 2.42. The van der Waals surface area contributed by atoms with Gasteiger partial charge in [-0.2, -0.15) is 22.0 Å². The van der Waals surface area contributed by atoms with Gasteiger partial charge in [-0.05, 0) is 0 Å². The van der Waals surface area contributed by atoms with Crippen LogP contribution in [0.2, 0.25) is 0 Å². The van der Waals surface area contributed by atoms with Crippen LogP contribution in [0.5, 0.6) is 0 Å². The number of hydrogen-bond acceptors (Lipinski definition) is 2. The predicted octanol–water partition coefficient (Wildman–Crippen LogP) is 2.25. The summed E-state index contributed by atoms with van der Waals surface area (Å²) in [6, 6.07) is 0. The molecule has 0 aliphatic carbocycles. The Kier molecular flexibility index (Phi) is 4.17. The molecular weight excluding hydrogens is 230 g/mol. The summed E-state index contributed by atoms with van der Waals surface area (Å²) < 4.78 is 75.1. The number of hydrogen-bond donors (Lipinski definition) is 0. The molecule has 88 valence electrons. The van der Waals surface area contributed by atoms with E-state index in [9.17, 15) is 31.1 Å². The van der Waals surface area contributed by atoms with Crippen molar-refractivity contribution in [3.8, 4) is 0 Å². The highest BCUT2D eigenvalue weighted by atomic mass is 19.4. The second kappa shape index (κ2) is 4.54. The van der Waals surface area contributed by atoms with Crippen molar-refractivity contribution in [1.82, 2.24) is 0 Å². The molecule has 0 heterocycles. The second-order valence-corrected chi connectivity index (χ2v) is 2.42. The minimum atomic E-state index is -6.02. The van der Waals surface area contributed by atoms with Gasteiger partial charge in [-0.1, -0.05) is 6.58 Å². The van der Waals surface area contributed by atoms with Gasteiger partial charge in [0.1, 0.15) is 6.61 Å². The van der Waals surface area contributed by atoms with E-state index < -0.39 is 30.8 Å². The number of halogens is 6. The van der Waals surface area contributed by atoms with Crippen LogP contribution in [0, 0.1) is 0 Å². The van der Waals surface area contributed by atoms with E-state index in [0.717, 1.165) is 0 Å². The van der Waals surface area contributed by atoms with E-state index in [0.29, 0.717) is 6.08 Å². The molecule has 0 aromatic carbocycles. The number of rotatable bonds is 4. The lowest BCUT2D eigenvalue weighted by molar-refractivity contribution is -0.306. The lowest BCUT2D eigenvalue weighted by atomic mass is 10.2. The van der Waals surface area contributed by atoms with Gasteiger partial charge in [0.2, 0.25) is 6.17 Å². The molecular formula is C7H6F6O2. The largest absolute Gasteiger partial charge is 0.459 e. The highest BCUT2D eigenvalue weighted by Gasteiger charge is 2.63. The predicted molar refractivity (Wildman–Crippen MR) is 37.1 cm³/mol.